The Morgan fingerprint density at radius 1 is 1.17 bits per heavy atom. The number of carbonyl (C=O) groups is 1. The van der Waals surface area contributed by atoms with Crippen LogP contribution in [-0.4, -0.2) is 27.3 Å². The Morgan fingerprint density at radius 2 is 1.90 bits per heavy atom. The SMILES string of the molecule is Cc1ccc(OCc2nn(C)c3c2CN(C(=O)Nc2ccc(Cl)cc2)CC3)cc1. The minimum Gasteiger partial charge on any atom is -0.487 e. The number of rotatable bonds is 4. The lowest BCUT2D eigenvalue weighted by Crippen LogP contribution is -2.39. The Labute approximate surface area is 175 Å². The molecule has 0 fully saturated rings. The molecular weight excluding hydrogens is 388 g/mol. The summed E-state index contributed by atoms with van der Waals surface area (Å²) in [6.45, 7) is 3.57. The maximum atomic E-state index is 12.7. The summed E-state index contributed by atoms with van der Waals surface area (Å²) in [6.07, 6.45) is 0.761. The van der Waals surface area contributed by atoms with Gasteiger partial charge >= 0.3 is 6.03 Å². The van der Waals surface area contributed by atoms with E-state index in [2.05, 4.69) is 10.4 Å². The molecule has 0 aliphatic carbocycles. The van der Waals surface area contributed by atoms with Crippen molar-refractivity contribution >= 4 is 23.3 Å². The molecule has 2 aromatic carbocycles. The van der Waals surface area contributed by atoms with Crippen LogP contribution in [0.2, 0.25) is 5.02 Å². The van der Waals surface area contributed by atoms with Gasteiger partial charge in [-0.2, -0.15) is 5.10 Å². The van der Waals surface area contributed by atoms with E-state index in [9.17, 15) is 4.79 Å². The summed E-state index contributed by atoms with van der Waals surface area (Å²) < 4.78 is 7.82. The maximum absolute atomic E-state index is 12.7. The number of anilines is 1. The van der Waals surface area contributed by atoms with E-state index in [1.54, 1.807) is 29.2 Å². The van der Waals surface area contributed by atoms with E-state index in [1.807, 2.05) is 42.9 Å². The number of nitrogens with zero attached hydrogens (tertiary/aromatic N) is 3. The van der Waals surface area contributed by atoms with Crippen LogP contribution in [0.4, 0.5) is 10.5 Å². The van der Waals surface area contributed by atoms with Crippen LogP contribution in [-0.2, 0) is 26.6 Å². The second-order valence-corrected chi connectivity index (χ2v) is 7.64. The van der Waals surface area contributed by atoms with Gasteiger partial charge in [-0.15, -0.1) is 0 Å². The van der Waals surface area contributed by atoms with Crippen molar-refractivity contribution in [3.8, 4) is 5.75 Å². The van der Waals surface area contributed by atoms with Crippen molar-refractivity contribution in [2.45, 2.75) is 26.5 Å². The van der Waals surface area contributed by atoms with E-state index in [0.717, 1.165) is 34.8 Å². The molecule has 0 unspecified atom stereocenters. The number of aromatic nitrogens is 2. The molecule has 7 heteroatoms. The summed E-state index contributed by atoms with van der Waals surface area (Å²) in [5.41, 5.74) is 5.00. The molecule has 2 amide bonds. The molecule has 1 aromatic heterocycles. The Hall–Kier alpha value is -2.99. The van der Waals surface area contributed by atoms with Crippen LogP contribution in [0.5, 0.6) is 5.75 Å². The number of carbonyl (C=O) groups excluding carboxylic acids is 1. The lowest BCUT2D eigenvalue weighted by atomic mass is 10.1. The Bertz CT molecular complexity index is 1010. The fourth-order valence-corrected chi connectivity index (χ4v) is 3.61. The monoisotopic (exact) mass is 410 g/mol. The number of hydrogen-bond acceptors (Lipinski definition) is 3. The molecule has 29 heavy (non-hydrogen) atoms. The predicted molar refractivity (Wildman–Crippen MR) is 113 cm³/mol. The number of aryl methyl sites for hydroxylation is 2. The zero-order valence-electron chi connectivity index (χ0n) is 16.5. The lowest BCUT2D eigenvalue weighted by Gasteiger charge is -2.28. The smallest absolute Gasteiger partial charge is 0.322 e. The second-order valence-electron chi connectivity index (χ2n) is 7.21. The number of halogens is 1. The average molecular weight is 411 g/mol. The van der Waals surface area contributed by atoms with E-state index in [1.165, 1.54) is 5.56 Å². The molecule has 2 heterocycles. The summed E-state index contributed by atoms with van der Waals surface area (Å²) in [6, 6.07) is 14.9. The third-order valence-corrected chi connectivity index (χ3v) is 5.36. The molecule has 4 rings (SSSR count). The van der Waals surface area contributed by atoms with Crippen LogP contribution in [0.25, 0.3) is 0 Å². The molecule has 0 atom stereocenters. The number of urea groups is 1. The number of fused-ring (bicyclic) bond motifs is 1. The highest BCUT2D eigenvalue weighted by Crippen LogP contribution is 2.24. The first-order valence-electron chi connectivity index (χ1n) is 9.54. The normalized spacial score (nSPS) is 13.1. The van der Waals surface area contributed by atoms with Gasteiger partial charge in [-0.1, -0.05) is 29.3 Å². The molecule has 1 aliphatic heterocycles. The van der Waals surface area contributed by atoms with E-state index >= 15 is 0 Å². The van der Waals surface area contributed by atoms with Gasteiger partial charge in [-0.3, -0.25) is 4.68 Å². The van der Waals surface area contributed by atoms with Crippen LogP contribution in [0, 0.1) is 6.92 Å². The molecule has 0 saturated heterocycles. The number of amides is 2. The van der Waals surface area contributed by atoms with Gasteiger partial charge in [0.25, 0.3) is 0 Å². The van der Waals surface area contributed by atoms with Gasteiger partial charge in [-0.05, 0) is 43.3 Å². The van der Waals surface area contributed by atoms with E-state index in [4.69, 9.17) is 16.3 Å². The number of ether oxygens (including phenoxy) is 1. The van der Waals surface area contributed by atoms with Crippen LogP contribution in [0.15, 0.2) is 48.5 Å². The molecule has 0 saturated carbocycles. The predicted octanol–water partition coefficient (Wildman–Crippen LogP) is 4.55. The fourth-order valence-electron chi connectivity index (χ4n) is 3.48. The minimum atomic E-state index is -0.132. The Kier molecular flexibility index (Phi) is 5.45. The summed E-state index contributed by atoms with van der Waals surface area (Å²) in [5, 5.41) is 8.20. The largest absolute Gasteiger partial charge is 0.487 e. The second kappa shape index (κ2) is 8.17. The molecule has 3 aromatic rings. The van der Waals surface area contributed by atoms with Gasteiger partial charge in [0.2, 0.25) is 0 Å². The summed E-state index contributed by atoms with van der Waals surface area (Å²) in [4.78, 5) is 14.5. The van der Waals surface area contributed by atoms with Gasteiger partial charge in [0.05, 0.1) is 6.54 Å². The fraction of sp³-hybridized carbons (Fsp3) is 0.273. The zero-order valence-corrected chi connectivity index (χ0v) is 17.2. The quantitative estimate of drug-likeness (QED) is 0.686. The molecule has 1 aliphatic rings. The third kappa shape index (κ3) is 4.38. The van der Waals surface area contributed by atoms with E-state index in [0.29, 0.717) is 24.7 Å². The van der Waals surface area contributed by atoms with Gasteiger partial charge in [-0.25, -0.2) is 4.79 Å². The summed E-state index contributed by atoms with van der Waals surface area (Å²) in [5.74, 6) is 0.808. The average Bonchev–Trinajstić information content (AvgIpc) is 3.04. The Morgan fingerprint density at radius 3 is 2.62 bits per heavy atom. The van der Waals surface area contributed by atoms with Crippen molar-refractivity contribution in [1.29, 1.82) is 0 Å². The highest BCUT2D eigenvalue weighted by molar-refractivity contribution is 6.30. The van der Waals surface area contributed by atoms with E-state index in [-0.39, 0.29) is 6.03 Å². The minimum absolute atomic E-state index is 0.132. The van der Waals surface area contributed by atoms with Crippen LogP contribution in [0.3, 0.4) is 0 Å². The third-order valence-electron chi connectivity index (χ3n) is 5.10. The first-order chi connectivity index (χ1) is 14.0. The highest BCUT2D eigenvalue weighted by Gasteiger charge is 2.27. The molecule has 150 valence electrons. The van der Waals surface area contributed by atoms with Gasteiger partial charge in [0.15, 0.2) is 0 Å². The van der Waals surface area contributed by atoms with Crippen LogP contribution in [0.1, 0.15) is 22.5 Å². The summed E-state index contributed by atoms with van der Waals surface area (Å²) in [7, 11) is 1.94. The number of nitrogens with one attached hydrogen (secondary N) is 1. The van der Waals surface area contributed by atoms with Crippen molar-refractivity contribution in [3.63, 3.8) is 0 Å². The van der Waals surface area contributed by atoms with Crippen molar-refractivity contribution in [3.05, 3.63) is 76.1 Å². The topological polar surface area (TPSA) is 59.4 Å². The van der Waals surface area contributed by atoms with Gasteiger partial charge < -0.3 is 15.0 Å². The summed E-state index contributed by atoms with van der Waals surface area (Å²) >= 11 is 5.91. The first kappa shape index (κ1) is 19.3. The Balaban J connectivity index is 1.45. The zero-order chi connectivity index (χ0) is 20.4. The van der Waals surface area contributed by atoms with Gasteiger partial charge in [0, 0.05) is 42.0 Å². The van der Waals surface area contributed by atoms with E-state index < -0.39 is 0 Å². The standard InChI is InChI=1S/C22H23ClN4O2/c1-15-3-9-18(10-4-15)29-14-20-19-13-27(12-11-21(19)26(2)25-20)22(28)24-17-7-5-16(23)6-8-17/h3-10H,11-14H2,1-2H3,(H,24,28). The highest BCUT2D eigenvalue weighted by atomic mass is 35.5. The lowest BCUT2D eigenvalue weighted by molar-refractivity contribution is 0.205. The maximum Gasteiger partial charge on any atom is 0.322 e. The van der Waals surface area contributed by atoms with Crippen molar-refractivity contribution in [1.82, 2.24) is 14.7 Å². The number of benzene rings is 2. The van der Waals surface area contributed by atoms with Crippen molar-refractivity contribution in [2.24, 2.45) is 7.05 Å². The van der Waals surface area contributed by atoms with Crippen molar-refractivity contribution in [2.75, 3.05) is 11.9 Å². The molecule has 0 radical (unpaired) electrons. The molecule has 0 spiro atoms. The van der Waals surface area contributed by atoms with Gasteiger partial charge in [0.1, 0.15) is 18.1 Å². The number of hydrogen-bond donors (Lipinski definition) is 1. The van der Waals surface area contributed by atoms with Crippen molar-refractivity contribution < 1.29 is 9.53 Å². The molecular formula is C22H23ClN4O2. The van der Waals surface area contributed by atoms with Crippen LogP contribution >= 0.6 is 11.6 Å². The molecule has 1 N–H and O–H groups in total. The molecule has 6 nitrogen and oxygen atoms in total. The van der Waals surface area contributed by atoms with Crippen LogP contribution < -0.4 is 10.1 Å². The first-order valence-corrected chi connectivity index (χ1v) is 9.92. The molecule has 0 bridgehead atoms.